The number of rotatable bonds is 4. The number of Topliss-reactive ketones (excluding diaryl/α,β-unsaturated/α-hetero) is 1. The lowest BCUT2D eigenvalue weighted by atomic mass is 10.1. The molecule has 0 atom stereocenters. The van der Waals surface area contributed by atoms with Gasteiger partial charge < -0.3 is 4.90 Å². The smallest absolute Gasteiger partial charge is 0.164 e. The minimum Gasteiger partial charge on any atom is -0.309 e. The average molecular weight is 199 g/mol. The fraction of sp³-hybridized carbons (Fsp3) is 0.500. The quantitative estimate of drug-likeness (QED) is 0.694. The second-order valence-corrected chi connectivity index (χ2v) is 3.77. The molecule has 1 aromatic heterocycles. The highest BCUT2D eigenvalue weighted by Gasteiger charge is 2.05. The third-order valence-corrected chi connectivity index (χ3v) is 2.31. The molecular weight excluding hydrogens is 182 g/mol. The minimum atomic E-state index is 0. The zero-order chi connectivity index (χ0) is 8.97. The van der Waals surface area contributed by atoms with Crippen LogP contribution >= 0.6 is 11.3 Å². The molecule has 1 heterocycles. The Morgan fingerprint density at radius 3 is 2.69 bits per heavy atom. The first-order chi connectivity index (χ1) is 5.70. The van der Waals surface area contributed by atoms with Crippen LogP contribution in [0.15, 0.2) is 16.8 Å². The van der Waals surface area contributed by atoms with Crippen molar-refractivity contribution in [2.24, 2.45) is 0 Å². The van der Waals surface area contributed by atoms with E-state index in [1.165, 1.54) is 0 Å². The van der Waals surface area contributed by atoms with Gasteiger partial charge in [-0.1, -0.05) is 7.43 Å². The van der Waals surface area contributed by atoms with Gasteiger partial charge in [0.15, 0.2) is 5.78 Å². The van der Waals surface area contributed by atoms with Gasteiger partial charge in [-0.3, -0.25) is 4.79 Å². The van der Waals surface area contributed by atoms with E-state index in [1.54, 1.807) is 11.3 Å². The summed E-state index contributed by atoms with van der Waals surface area (Å²) >= 11 is 1.57. The molecule has 0 unspecified atom stereocenters. The molecule has 0 amide bonds. The Bertz CT molecular complexity index is 241. The average Bonchev–Trinajstić information content (AvgIpc) is 2.51. The first kappa shape index (κ1) is 12.3. The molecule has 2 nitrogen and oxygen atoms in total. The van der Waals surface area contributed by atoms with Crippen LogP contribution in [0, 0.1) is 0 Å². The van der Waals surface area contributed by atoms with Crippen molar-refractivity contribution in [2.45, 2.75) is 13.8 Å². The molecule has 13 heavy (non-hydrogen) atoms. The van der Waals surface area contributed by atoms with Crippen LogP contribution in [0.3, 0.4) is 0 Å². The molecule has 0 bridgehead atoms. The van der Waals surface area contributed by atoms with Gasteiger partial charge in [0.25, 0.3) is 0 Å². The van der Waals surface area contributed by atoms with Gasteiger partial charge in [-0.25, -0.2) is 0 Å². The Hall–Kier alpha value is -0.670. The van der Waals surface area contributed by atoms with Crippen molar-refractivity contribution in [2.75, 3.05) is 20.6 Å². The SMILES string of the molecule is C.CN(C)CCC(=O)c1ccsc1. The summed E-state index contributed by atoms with van der Waals surface area (Å²) in [5.74, 6) is 0.241. The Balaban J connectivity index is 0.00000144. The zero-order valence-electron chi connectivity index (χ0n) is 7.41. The van der Waals surface area contributed by atoms with Gasteiger partial charge in [0.2, 0.25) is 0 Å². The third-order valence-electron chi connectivity index (χ3n) is 1.63. The molecule has 1 aromatic rings. The predicted molar refractivity (Wildman–Crippen MR) is 58.6 cm³/mol. The highest BCUT2D eigenvalue weighted by molar-refractivity contribution is 7.08. The Kier molecular flexibility index (Phi) is 5.58. The van der Waals surface area contributed by atoms with E-state index in [4.69, 9.17) is 0 Å². The molecule has 0 saturated carbocycles. The van der Waals surface area contributed by atoms with Crippen LogP contribution in [-0.2, 0) is 0 Å². The van der Waals surface area contributed by atoms with Crippen molar-refractivity contribution in [3.05, 3.63) is 22.4 Å². The van der Waals surface area contributed by atoms with E-state index in [0.29, 0.717) is 6.42 Å². The molecule has 0 aliphatic carbocycles. The van der Waals surface area contributed by atoms with Gasteiger partial charge in [0, 0.05) is 23.9 Å². The largest absolute Gasteiger partial charge is 0.309 e. The molecule has 0 aliphatic heterocycles. The number of thiophene rings is 1. The molecule has 0 N–H and O–H groups in total. The fourth-order valence-electron chi connectivity index (χ4n) is 0.893. The third kappa shape index (κ3) is 4.20. The molecule has 1 rings (SSSR count). The van der Waals surface area contributed by atoms with E-state index in [-0.39, 0.29) is 13.2 Å². The second-order valence-electron chi connectivity index (χ2n) is 2.99. The zero-order valence-corrected chi connectivity index (χ0v) is 8.23. The van der Waals surface area contributed by atoms with E-state index in [0.717, 1.165) is 12.1 Å². The summed E-state index contributed by atoms with van der Waals surface area (Å²) in [6.45, 7) is 0.828. The highest BCUT2D eigenvalue weighted by Crippen LogP contribution is 2.08. The Labute approximate surface area is 84.2 Å². The van der Waals surface area contributed by atoms with Gasteiger partial charge in [-0.2, -0.15) is 11.3 Å². The fourth-order valence-corrected chi connectivity index (χ4v) is 1.55. The Morgan fingerprint density at radius 1 is 1.54 bits per heavy atom. The molecule has 0 aromatic carbocycles. The minimum absolute atomic E-state index is 0. The molecule has 3 heteroatoms. The molecule has 0 radical (unpaired) electrons. The van der Waals surface area contributed by atoms with Crippen LogP contribution in [-0.4, -0.2) is 31.3 Å². The summed E-state index contributed by atoms with van der Waals surface area (Å²) < 4.78 is 0. The van der Waals surface area contributed by atoms with E-state index in [9.17, 15) is 4.79 Å². The lowest BCUT2D eigenvalue weighted by Gasteiger charge is -2.06. The molecule has 74 valence electrons. The van der Waals surface area contributed by atoms with Gasteiger partial charge in [0.1, 0.15) is 0 Å². The Morgan fingerprint density at radius 2 is 2.23 bits per heavy atom. The number of hydrogen-bond acceptors (Lipinski definition) is 3. The molecular formula is C10H17NOS. The standard InChI is InChI=1S/C9H13NOS.CH4/c1-10(2)5-3-9(11)8-4-6-12-7-8;/h4,6-7H,3,5H2,1-2H3;1H4. The summed E-state index contributed by atoms with van der Waals surface area (Å²) in [4.78, 5) is 13.4. The summed E-state index contributed by atoms with van der Waals surface area (Å²) in [7, 11) is 3.95. The number of ketones is 1. The van der Waals surface area contributed by atoms with E-state index in [1.807, 2.05) is 35.8 Å². The normalized spacial score (nSPS) is 9.77. The predicted octanol–water partition coefficient (Wildman–Crippen LogP) is 2.52. The van der Waals surface area contributed by atoms with Crippen molar-refractivity contribution in [3.8, 4) is 0 Å². The summed E-state index contributed by atoms with van der Waals surface area (Å²) in [6, 6.07) is 1.88. The van der Waals surface area contributed by atoms with Crippen LogP contribution in [0.5, 0.6) is 0 Å². The summed E-state index contributed by atoms with van der Waals surface area (Å²) in [6.07, 6.45) is 0.615. The number of hydrogen-bond donors (Lipinski definition) is 0. The van der Waals surface area contributed by atoms with Gasteiger partial charge in [-0.05, 0) is 25.5 Å². The maximum atomic E-state index is 11.4. The molecule has 0 fully saturated rings. The van der Waals surface area contributed by atoms with Gasteiger partial charge in [0.05, 0.1) is 0 Å². The number of nitrogens with zero attached hydrogens (tertiary/aromatic N) is 1. The first-order valence-electron chi connectivity index (χ1n) is 3.90. The van der Waals surface area contributed by atoms with Crippen LogP contribution in [0.25, 0.3) is 0 Å². The van der Waals surface area contributed by atoms with E-state index < -0.39 is 0 Å². The van der Waals surface area contributed by atoms with E-state index in [2.05, 4.69) is 0 Å². The van der Waals surface area contributed by atoms with Crippen molar-refractivity contribution in [1.29, 1.82) is 0 Å². The first-order valence-corrected chi connectivity index (χ1v) is 4.84. The highest BCUT2D eigenvalue weighted by atomic mass is 32.1. The molecule has 0 aliphatic rings. The van der Waals surface area contributed by atoms with Gasteiger partial charge in [-0.15, -0.1) is 0 Å². The maximum Gasteiger partial charge on any atom is 0.164 e. The van der Waals surface area contributed by atoms with Gasteiger partial charge >= 0.3 is 0 Å². The number of carbonyl (C=O) groups is 1. The van der Waals surface area contributed by atoms with E-state index >= 15 is 0 Å². The maximum absolute atomic E-state index is 11.4. The van der Waals surface area contributed by atoms with Crippen LogP contribution < -0.4 is 0 Å². The van der Waals surface area contributed by atoms with Crippen molar-refractivity contribution >= 4 is 17.1 Å². The van der Waals surface area contributed by atoms with Crippen LogP contribution in [0.1, 0.15) is 24.2 Å². The number of carbonyl (C=O) groups excluding carboxylic acids is 1. The molecule has 0 spiro atoms. The summed E-state index contributed by atoms with van der Waals surface area (Å²) in [5, 5.41) is 3.83. The lowest BCUT2D eigenvalue weighted by molar-refractivity contribution is 0.0973. The second kappa shape index (κ2) is 5.89. The monoisotopic (exact) mass is 199 g/mol. The van der Waals surface area contributed by atoms with Crippen LogP contribution in [0.2, 0.25) is 0 Å². The lowest BCUT2D eigenvalue weighted by Crippen LogP contribution is -2.16. The van der Waals surface area contributed by atoms with Crippen LogP contribution in [0.4, 0.5) is 0 Å². The van der Waals surface area contributed by atoms with Crippen molar-refractivity contribution in [1.82, 2.24) is 4.90 Å². The van der Waals surface area contributed by atoms with Crippen molar-refractivity contribution < 1.29 is 4.79 Å². The topological polar surface area (TPSA) is 20.3 Å². The van der Waals surface area contributed by atoms with Crippen molar-refractivity contribution in [3.63, 3.8) is 0 Å². The summed E-state index contributed by atoms with van der Waals surface area (Å²) in [5.41, 5.74) is 0.849. The molecule has 0 saturated heterocycles.